The van der Waals surface area contributed by atoms with Gasteiger partial charge in [-0.2, -0.15) is 0 Å². The highest BCUT2D eigenvalue weighted by molar-refractivity contribution is 7.28. The Morgan fingerprint density at radius 3 is 2.52 bits per heavy atom. The molecule has 0 bridgehead atoms. The predicted molar refractivity (Wildman–Crippen MR) is 103 cm³/mol. The Bertz CT molecular complexity index is 887. The summed E-state index contributed by atoms with van der Waals surface area (Å²) in [4.78, 5) is 13.9. The minimum atomic E-state index is -0.377. The fraction of sp³-hybridized carbons (Fsp3) is 0.150. The second-order valence-electron chi connectivity index (χ2n) is 5.91. The summed E-state index contributed by atoms with van der Waals surface area (Å²) < 4.78 is 19.7. The zero-order valence-corrected chi connectivity index (χ0v) is 15.3. The third-order valence-electron chi connectivity index (χ3n) is 4.25. The van der Waals surface area contributed by atoms with Gasteiger partial charge < -0.3 is 9.64 Å². The van der Waals surface area contributed by atoms with Gasteiger partial charge in [0.1, 0.15) is 11.6 Å². The Hall–Kier alpha value is -2.45. The van der Waals surface area contributed by atoms with E-state index in [4.69, 9.17) is 4.74 Å². The van der Waals surface area contributed by atoms with Gasteiger partial charge in [0.15, 0.2) is 5.78 Å². The topological polar surface area (TPSA) is 29.5 Å². The van der Waals surface area contributed by atoms with Crippen LogP contribution in [0.4, 0.5) is 10.1 Å². The molecule has 5 heteroatoms. The average Bonchev–Trinajstić information content (AvgIpc) is 2.60. The number of fused-ring (bicyclic) bond motifs is 1. The fourth-order valence-electron chi connectivity index (χ4n) is 2.97. The van der Waals surface area contributed by atoms with Gasteiger partial charge in [-0.15, -0.1) is 9.24 Å². The molecule has 0 radical (unpaired) electrons. The fourth-order valence-corrected chi connectivity index (χ4v) is 3.37. The maximum Gasteiger partial charge on any atom is 0.161 e. The number of halogens is 1. The predicted octanol–water partition coefficient (Wildman–Crippen LogP) is 3.84. The molecule has 0 fully saturated rings. The number of hydrogen-bond acceptors (Lipinski definition) is 3. The van der Waals surface area contributed by atoms with E-state index in [1.165, 1.54) is 13.0 Å². The smallest absolute Gasteiger partial charge is 0.161 e. The van der Waals surface area contributed by atoms with Crippen LogP contribution in [0.2, 0.25) is 0 Å². The molecule has 0 spiro atoms. The highest BCUT2D eigenvalue weighted by atomic mass is 31.0. The molecule has 3 rings (SSSR count). The van der Waals surface area contributed by atoms with Crippen LogP contribution in [0.1, 0.15) is 18.1 Å². The number of rotatable bonds is 4. The number of carbonyl (C=O) groups excluding carboxylic acids is 1. The number of carbonyl (C=O) groups is 1. The molecule has 25 heavy (non-hydrogen) atoms. The number of anilines is 1. The Morgan fingerprint density at radius 1 is 1.24 bits per heavy atom. The lowest BCUT2D eigenvalue weighted by Gasteiger charge is -2.31. The maximum atomic E-state index is 14.5. The van der Waals surface area contributed by atoms with Crippen molar-refractivity contribution in [1.82, 2.24) is 0 Å². The molecule has 2 aromatic rings. The molecule has 0 aromatic heterocycles. The summed E-state index contributed by atoms with van der Waals surface area (Å²) in [6.45, 7) is 5.92. The van der Waals surface area contributed by atoms with E-state index in [1.807, 2.05) is 29.2 Å². The summed E-state index contributed by atoms with van der Waals surface area (Å²) in [5.74, 6) is 0.260. The number of methoxy groups -OCH3 is 1. The largest absolute Gasteiger partial charge is 0.497 e. The summed E-state index contributed by atoms with van der Waals surface area (Å²) in [5, 5.41) is 0.852. The van der Waals surface area contributed by atoms with Gasteiger partial charge in [0.2, 0.25) is 0 Å². The molecule has 1 heterocycles. The van der Waals surface area contributed by atoms with Crippen molar-refractivity contribution < 1.29 is 13.9 Å². The van der Waals surface area contributed by atoms with E-state index in [2.05, 4.69) is 15.8 Å². The first kappa shape index (κ1) is 17.4. The van der Waals surface area contributed by atoms with Gasteiger partial charge in [-0.05, 0) is 41.6 Å². The molecular weight excluding hydrogens is 336 g/mol. The lowest BCUT2D eigenvalue weighted by molar-refractivity contribution is -0.113. The standard InChI is InChI=1S/C20H19FNO2P/c1-12-16(13(2)23)11-22(10-14-4-6-15(24-3)7-5-14)20-18(25)9-8-17(21)19(12)20/h4-9,11H,1,10,25H2,2-3H3. The van der Waals surface area contributed by atoms with Crippen molar-refractivity contribution in [2.75, 3.05) is 12.0 Å². The van der Waals surface area contributed by atoms with Crippen LogP contribution in [0, 0.1) is 5.82 Å². The molecule has 0 N–H and O–H groups in total. The van der Waals surface area contributed by atoms with Crippen LogP contribution in [-0.4, -0.2) is 12.9 Å². The van der Waals surface area contributed by atoms with Crippen LogP contribution in [0.15, 0.2) is 54.8 Å². The molecule has 0 saturated heterocycles. The Balaban J connectivity index is 2.08. The first-order valence-corrected chi connectivity index (χ1v) is 8.40. The Kier molecular flexibility index (Phi) is 4.73. The van der Waals surface area contributed by atoms with Crippen LogP contribution >= 0.6 is 9.24 Å². The summed E-state index contributed by atoms with van der Waals surface area (Å²) in [5.41, 5.74) is 2.97. The summed E-state index contributed by atoms with van der Waals surface area (Å²) in [6.07, 6.45) is 1.75. The van der Waals surface area contributed by atoms with Crippen molar-refractivity contribution in [3.8, 4) is 5.75 Å². The van der Waals surface area contributed by atoms with Crippen LogP contribution < -0.4 is 14.9 Å². The van der Waals surface area contributed by atoms with E-state index in [1.54, 1.807) is 19.4 Å². The number of benzene rings is 2. The minimum absolute atomic E-state index is 0.135. The normalized spacial score (nSPS) is 13.4. The molecular formula is C20H19FNO2P. The average molecular weight is 355 g/mol. The summed E-state index contributed by atoms with van der Waals surface area (Å²) >= 11 is 0. The first-order valence-electron chi connectivity index (χ1n) is 7.82. The Labute approximate surface area is 149 Å². The van der Waals surface area contributed by atoms with Crippen LogP contribution in [0.25, 0.3) is 5.57 Å². The van der Waals surface area contributed by atoms with Crippen LogP contribution in [0.5, 0.6) is 5.75 Å². The maximum absolute atomic E-state index is 14.5. The molecule has 3 nitrogen and oxygen atoms in total. The van der Waals surface area contributed by atoms with Crippen LogP contribution in [-0.2, 0) is 11.3 Å². The number of allylic oxidation sites excluding steroid dienone is 2. The molecule has 0 amide bonds. The van der Waals surface area contributed by atoms with Gasteiger partial charge in [0.25, 0.3) is 0 Å². The molecule has 1 atom stereocenters. The van der Waals surface area contributed by atoms with Gasteiger partial charge >= 0.3 is 0 Å². The monoisotopic (exact) mass is 355 g/mol. The van der Waals surface area contributed by atoms with E-state index in [0.717, 1.165) is 22.3 Å². The second kappa shape index (κ2) is 6.81. The quantitative estimate of drug-likeness (QED) is 0.781. The number of nitrogens with zero attached hydrogens (tertiary/aromatic N) is 1. The molecule has 1 aliphatic heterocycles. The highest BCUT2D eigenvalue weighted by Gasteiger charge is 2.27. The molecule has 0 aliphatic carbocycles. The van der Waals surface area contributed by atoms with Gasteiger partial charge in [-0.25, -0.2) is 4.39 Å². The van der Waals surface area contributed by atoms with Crippen molar-refractivity contribution in [3.05, 3.63) is 71.7 Å². The first-order chi connectivity index (χ1) is 11.9. The lowest BCUT2D eigenvalue weighted by atomic mass is 9.91. The number of Topliss-reactive ketones (excluding diaryl/α,β-unsaturated/α-hetero) is 1. The summed E-state index contributed by atoms with van der Waals surface area (Å²) in [7, 11) is 4.24. The van der Waals surface area contributed by atoms with Gasteiger partial charge in [-0.3, -0.25) is 4.79 Å². The number of ketones is 1. The van der Waals surface area contributed by atoms with Gasteiger partial charge in [-0.1, -0.05) is 24.8 Å². The van der Waals surface area contributed by atoms with E-state index in [9.17, 15) is 9.18 Å². The van der Waals surface area contributed by atoms with Crippen molar-refractivity contribution in [2.45, 2.75) is 13.5 Å². The molecule has 128 valence electrons. The lowest BCUT2D eigenvalue weighted by Crippen LogP contribution is -2.27. The van der Waals surface area contributed by atoms with Gasteiger partial charge in [0, 0.05) is 23.9 Å². The zero-order valence-electron chi connectivity index (χ0n) is 14.2. The molecule has 0 saturated carbocycles. The molecule has 2 aromatic carbocycles. The number of ether oxygens (including phenoxy) is 1. The van der Waals surface area contributed by atoms with E-state index >= 15 is 0 Å². The van der Waals surface area contributed by atoms with E-state index < -0.39 is 0 Å². The minimum Gasteiger partial charge on any atom is -0.497 e. The number of hydrogen-bond donors (Lipinski definition) is 0. The van der Waals surface area contributed by atoms with Crippen molar-refractivity contribution in [3.63, 3.8) is 0 Å². The van der Waals surface area contributed by atoms with Crippen molar-refractivity contribution in [1.29, 1.82) is 0 Å². The third-order valence-corrected chi connectivity index (χ3v) is 4.71. The zero-order chi connectivity index (χ0) is 18.1. The van der Waals surface area contributed by atoms with Crippen molar-refractivity contribution >= 4 is 31.6 Å². The van der Waals surface area contributed by atoms with Crippen LogP contribution in [0.3, 0.4) is 0 Å². The SMILES string of the molecule is C=C1C(C(C)=O)=CN(Cc2ccc(OC)cc2)c2c(P)ccc(F)c21. The molecule has 1 unspecified atom stereocenters. The van der Waals surface area contributed by atoms with E-state index in [0.29, 0.717) is 23.3 Å². The van der Waals surface area contributed by atoms with Gasteiger partial charge in [0.05, 0.1) is 12.8 Å². The molecule has 1 aliphatic rings. The highest BCUT2D eigenvalue weighted by Crippen LogP contribution is 2.38. The van der Waals surface area contributed by atoms with E-state index in [-0.39, 0.29) is 11.6 Å². The summed E-state index contributed by atoms with van der Waals surface area (Å²) in [6, 6.07) is 10.8. The third kappa shape index (κ3) is 3.22. The Morgan fingerprint density at radius 2 is 1.92 bits per heavy atom. The second-order valence-corrected chi connectivity index (χ2v) is 6.54. The van der Waals surface area contributed by atoms with Crippen molar-refractivity contribution in [2.24, 2.45) is 0 Å².